The summed E-state index contributed by atoms with van der Waals surface area (Å²) in [4.78, 5) is 17.6. The van der Waals surface area contributed by atoms with Gasteiger partial charge in [0.05, 0.1) is 17.7 Å². The third kappa shape index (κ3) is 3.71. The van der Waals surface area contributed by atoms with E-state index in [0.29, 0.717) is 53.2 Å². The highest BCUT2D eigenvalue weighted by molar-refractivity contribution is 9.10. The molecule has 0 fully saturated rings. The maximum Gasteiger partial charge on any atom is 0.193 e. The first kappa shape index (κ1) is 19.8. The van der Waals surface area contributed by atoms with Crippen LogP contribution in [0.25, 0.3) is 16.6 Å². The van der Waals surface area contributed by atoms with E-state index in [0.717, 1.165) is 15.7 Å². The molecule has 5 rings (SSSR count). The zero-order valence-corrected chi connectivity index (χ0v) is 18.1. The molecule has 1 aliphatic rings. The Hall–Kier alpha value is -3.16. The minimum Gasteiger partial charge on any atom is -0.493 e. The zero-order valence-electron chi connectivity index (χ0n) is 16.5. The van der Waals surface area contributed by atoms with Gasteiger partial charge in [-0.2, -0.15) is 0 Å². The van der Waals surface area contributed by atoms with Gasteiger partial charge in [-0.1, -0.05) is 22.0 Å². The third-order valence-electron chi connectivity index (χ3n) is 5.20. The molecule has 31 heavy (non-hydrogen) atoms. The van der Waals surface area contributed by atoms with Gasteiger partial charge in [0.15, 0.2) is 16.9 Å². The van der Waals surface area contributed by atoms with Crippen LogP contribution >= 0.6 is 15.9 Å². The lowest BCUT2D eigenvalue weighted by Gasteiger charge is -2.25. The van der Waals surface area contributed by atoms with Gasteiger partial charge in [-0.15, -0.1) is 0 Å². The van der Waals surface area contributed by atoms with E-state index in [1.54, 1.807) is 24.5 Å². The van der Waals surface area contributed by atoms with Crippen molar-refractivity contribution >= 4 is 26.8 Å². The summed E-state index contributed by atoms with van der Waals surface area (Å²) < 4.78 is 14.9. The van der Waals surface area contributed by atoms with Gasteiger partial charge in [-0.25, -0.2) is 0 Å². The second-order valence-corrected chi connectivity index (χ2v) is 8.26. The molecular formula is C24H19BrN2O4. The largest absolute Gasteiger partial charge is 0.493 e. The third-order valence-corrected chi connectivity index (χ3v) is 5.69. The average Bonchev–Trinajstić information content (AvgIpc) is 2.78. The minimum atomic E-state index is -0.0639. The summed E-state index contributed by atoms with van der Waals surface area (Å²) in [6, 6.07) is 13.2. The molecule has 2 aromatic heterocycles. The number of halogens is 1. The highest BCUT2D eigenvalue weighted by atomic mass is 79.9. The lowest BCUT2D eigenvalue weighted by Crippen LogP contribution is -2.17. The normalized spacial score (nSPS) is 11.8. The van der Waals surface area contributed by atoms with Crippen LogP contribution in [0.2, 0.25) is 0 Å². The van der Waals surface area contributed by atoms with E-state index in [9.17, 15) is 4.79 Å². The topological polar surface area (TPSA) is 73.6 Å². The maximum absolute atomic E-state index is 13.4. The van der Waals surface area contributed by atoms with E-state index in [4.69, 9.17) is 14.6 Å². The van der Waals surface area contributed by atoms with Crippen molar-refractivity contribution in [1.82, 2.24) is 9.55 Å². The highest BCUT2D eigenvalue weighted by Crippen LogP contribution is 2.42. The molecule has 0 aliphatic carbocycles. The molecule has 0 spiro atoms. The Kier molecular flexibility index (Phi) is 5.21. The highest BCUT2D eigenvalue weighted by Gasteiger charge is 2.23. The molecule has 0 unspecified atom stereocenters. The molecule has 1 N–H and O–H groups in total. The lowest BCUT2D eigenvalue weighted by atomic mass is 10.0. The number of benzene rings is 2. The minimum absolute atomic E-state index is 0.0429. The molecule has 3 heterocycles. The molecule has 6 nitrogen and oxygen atoms in total. The Labute approximate surface area is 186 Å². The maximum atomic E-state index is 13.4. The molecule has 4 aromatic rings. The molecule has 7 heteroatoms. The summed E-state index contributed by atoms with van der Waals surface area (Å²) >= 11 is 3.53. The molecule has 0 radical (unpaired) electrons. The van der Waals surface area contributed by atoms with Crippen LogP contribution in [0.1, 0.15) is 17.5 Å². The van der Waals surface area contributed by atoms with E-state index < -0.39 is 0 Å². The Balaban J connectivity index is 1.73. The number of aromatic nitrogens is 2. The number of fused-ring (bicyclic) bond motifs is 2. The first-order valence-electron chi connectivity index (χ1n) is 9.96. The van der Waals surface area contributed by atoms with Gasteiger partial charge >= 0.3 is 0 Å². The molecule has 2 aromatic carbocycles. The number of ether oxygens (including phenoxy) is 2. The molecule has 0 atom stereocenters. The quantitative estimate of drug-likeness (QED) is 0.361. The van der Waals surface area contributed by atoms with E-state index in [-0.39, 0.29) is 12.0 Å². The summed E-state index contributed by atoms with van der Waals surface area (Å²) in [5.74, 6) is 1.80. The van der Waals surface area contributed by atoms with Gasteiger partial charge in [0.1, 0.15) is 11.3 Å². The fraction of sp³-hybridized carbons (Fsp3) is 0.167. The van der Waals surface area contributed by atoms with Gasteiger partial charge in [0.25, 0.3) is 0 Å². The summed E-state index contributed by atoms with van der Waals surface area (Å²) in [6.45, 7) is 0.399. The van der Waals surface area contributed by atoms with Crippen molar-refractivity contribution in [2.75, 3.05) is 13.2 Å². The average molecular weight is 479 g/mol. The van der Waals surface area contributed by atoms with Crippen molar-refractivity contribution in [2.45, 2.75) is 12.8 Å². The summed E-state index contributed by atoms with van der Waals surface area (Å²) in [6.07, 6.45) is 6.36. The number of hydrogen-bond donors (Lipinski definition) is 1. The van der Waals surface area contributed by atoms with Crippen LogP contribution in [0.5, 0.6) is 17.2 Å². The van der Waals surface area contributed by atoms with Gasteiger partial charge in [0, 0.05) is 54.1 Å². The predicted molar refractivity (Wildman–Crippen MR) is 122 cm³/mol. The summed E-state index contributed by atoms with van der Waals surface area (Å²) in [5, 5.41) is 9.58. The number of aliphatic hydroxyl groups excluding tert-OH is 1. The zero-order chi connectivity index (χ0) is 21.4. The number of hydrogen-bond acceptors (Lipinski definition) is 5. The SMILES string of the molecule is O=c1c(Cc2cccnc2)cn2c3c(cc(OCCCO)cc13)Oc1ccc(Br)cc1-2. The predicted octanol–water partition coefficient (Wildman–Crippen LogP) is 4.61. The van der Waals surface area contributed by atoms with Crippen molar-refractivity contribution in [3.8, 4) is 22.9 Å². The lowest BCUT2D eigenvalue weighted by molar-refractivity contribution is 0.233. The van der Waals surface area contributed by atoms with Crippen LogP contribution in [0.15, 0.2) is 70.3 Å². The first-order chi connectivity index (χ1) is 15.1. The van der Waals surface area contributed by atoms with Crippen molar-refractivity contribution in [2.24, 2.45) is 0 Å². The van der Waals surface area contributed by atoms with Crippen LogP contribution < -0.4 is 14.9 Å². The van der Waals surface area contributed by atoms with Crippen molar-refractivity contribution in [3.63, 3.8) is 0 Å². The fourth-order valence-electron chi connectivity index (χ4n) is 3.79. The molecule has 0 amide bonds. The number of nitrogens with zero attached hydrogens (tertiary/aromatic N) is 2. The van der Waals surface area contributed by atoms with E-state index >= 15 is 0 Å². The molecule has 0 bridgehead atoms. The summed E-state index contributed by atoms with van der Waals surface area (Å²) in [7, 11) is 0. The standard InChI is InChI=1S/C24H19BrN2O4/c25-17-4-5-21-20(10-17)27-14-16(9-15-3-1-6-26-13-15)24(29)19-11-18(30-8-2-7-28)12-22(31-21)23(19)27/h1,3-6,10-14,28H,2,7-9H2. The number of pyridine rings is 2. The Morgan fingerprint density at radius 2 is 2.06 bits per heavy atom. The van der Waals surface area contributed by atoms with Crippen LogP contribution in [0.3, 0.4) is 0 Å². The fourth-order valence-corrected chi connectivity index (χ4v) is 4.14. The van der Waals surface area contributed by atoms with Gasteiger partial charge in [0.2, 0.25) is 0 Å². The van der Waals surface area contributed by atoms with Gasteiger partial charge in [-0.3, -0.25) is 9.78 Å². The van der Waals surface area contributed by atoms with Gasteiger partial charge in [-0.05, 0) is 35.9 Å². The molecule has 156 valence electrons. The van der Waals surface area contributed by atoms with Crippen molar-refractivity contribution in [3.05, 3.63) is 86.9 Å². The smallest absolute Gasteiger partial charge is 0.193 e. The van der Waals surface area contributed by atoms with E-state index in [1.807, 2.05) is 41.1 Å². The van der Waals surface area contributed by atoms with Crippen LogP contribution in [-0.4, -0.2) is 27.9 Å². The Morgan fingerprint density at radius 3 is 2.87 bits per heavy atom. The van der Waals surface area contributed by atoms with Crippen molar-refractivity contribution in [1.29, 1.82) is 0 Å². The monoisotopic (exact) mass is 478 g/mol. The van der Waals surface area contributed by atoms with Gasteiger partial charge < -0.3 is 19.1 Å². The van der Waals surface area contributed by atoms with Crippen LogP contribution in [-0.2, 0) is 6.42 Å². The molecule has 1 aliphatic heterocycles. The Morgan fingerprint density at radius 1 is 1.16 bits per heavy atom. The second kappa shape index (κ2) is 8.17. The van der Waals surface area contributed by atoms with E-state index in [1.165, 1.54) is 0 Å². The first-order valence-corrected chi connectivity index (χ1v) is 10.8. The molecule has 0 saturated carbocycles. The van der Waals surface area contributed by atoms with E-state index in [2.05, 4.69) is 20.9 Å². The summed E-state index contributed by atoms with van der Waals surface area (Å²) in [5.41, 5.74) is 3.12. The van der Waals surface area contributed by atoms with Crippen molar-refractivity contribution < 1.29 is 14.6 Å². The molecular weight excluding hydrogens is 460 g/mol. The Bertz CT molecular complexity index is 1340. The number of aliphatic hydroxyl groups is 1. The second-order valence-electron chi connectivity index (χ2n) is 7.35. The van der Waals surface area contributed by atoms with Crippen LogP contribution in [0.4, 0.5) is 0 Å². The number of rotatable bonds is 6. The molecule has 0 saturated heterocycles. The van der Waals surface area contributed by atoms with Crippen LogP contribution in [0, 0.1) is 0 Å².